The van der Waals surface area contributed by atoms with Crippen LogP contribution in [0.15, 0.2) is 72.6 Å². The van der Waals surface area contributed by atoms with Crippen molar-refractivity contribution in [3.8, 4) is 0 Å². The van der Waals surface area contributed by atoms with E-state index in [1.807, 2.05) is 11.9 Å². The molecule has 8 heteroatoms. The number of hydrogen-bond acceptors (Lipinski definition) is 6. The second kappa shape index (κ2) is 11.9. The summed E-state index contributed by atoms with van der Waals surface area (Å²) in [6, 6.07) is -0.465. The summed E-state index contributed by atoms with van der Waals surface area (Å²) >= 11 is 0. The lowest BCUT2D eigenvalue weighted by Crippen LogP contribution is -2.48. The van der Waals surface area contributed by atoms with E-state index >= 15 is 0 Å². The summed E-state index contributed by atoms with van der Waals surface area (Å²) in [6.07, 6.45) is -0.390. The number of carbonyl (C=O) groups excluding carboxylic acids is 3. The molecular formula is C32H34N4O4. The first-order chi connectivity index (χ1) is 24.6. The summed E-state index contributed by atoms with van der Waals surface area (Å²) in [5.41, 5.74) is -2.20. The van der Waals surface area contributed by atoms with Gasteiger partial charge in [-0.3, -0.25) is 14.5 Å². The highest BCUT2D eigenvalue weighted by Gasteiger charge is 2.29. The van der Waals surface area contributed by atoms with Crippen LogP contribution in [-0.2, 0) is 20.7 Å². The first-order valence-electron chi connectivity index (χ1n) is 18.9. The second-order valence-electron chi connectivity index (χ2n) is 9.19. The van der Waals surface area contributed by atoms with Crippen molar-refractivity contribution in [2.45, 2.75) is 6.42 Å². The monoisotopic (exact) mass is 551 g/mol. The van der Waals surface area contributed by atoms with Gasteiger partial charge < -0.3 is 19.9 Å². The van der Waals surface area contributed by atoms with Gasteiger partial charge in [0, 0.05) is 54.2 Å². The van der Waals surface area contributed by atoms with Crippen LogP contribution in [0.1, 0.15) is 44.9 Å². The van der Waals surface area contributed by atoms with Gasteiger partial charge in [-0.25, -0.2) is 4.79 Å². The number of piperazine rings is 1. The Kier molecular flexibility index (Phi) is 4.59. The van der Waals surface area contributed by atoms with Gasteiger partial charge in [-0.2, -0.15) is 0 Å². The Labute approximate surface area is 253 Å². The van der Waals surface area contributed by atoms with E-state index in [2.05, 4.69) is 10.1 Å². The molecular weight excluding hydrogens is 504 g/mol. The van der Waals surface area contributed by atoms with Gasteiger partial charge in [-0.15, -0.1) is 0 Å². The van der Waals surface area contributed by atoms with Gasteiger partial charge in [0.2, 0.25) is 5.91 Å². The fourth-order valence-corrected chi connectivity index (χ4v) is 4.36. The molecule has 206 valence electrons. The minimum absolute atomic E-state index is 0.182. The van der Waals surface area contributed by atoms with Crippen molar-refractivity contribution in [2.24, 2.45) is 0 Å². The molecule has 3 aromatic carbocycles. The van der Waals surface area contributed by atoms with Crippen molar-refractivity contribution in [1.82, 2.24) is 9.80 Å². The summed E-state index contributed by atoms with van der Waals surface area (Å²) in [7, 11) is 2.86. The van der Waals surface area contributed by atoms with Crippen LogP contribution in [0.5, 0.6) is 0 Å². The third kappa shape index (κ3) is 5.83. The summed E-state index contributed by atoms with van der Waals surface area (Å²) in [5, 5.41) is 2.42. The van der Waals surface area contributed by atoms with Crippen molar-refractivity contribution in [3.63, 3.8) is 0 Å². The number of rotatable bonds is 7. The van der Waals surface area contributed by atoms with Crippen LogP contribution < -0.4 is 10.2 Å². The van der Waals surface area contributed by atoms with Crippen molar-refractivity contribution < 1.29 is 36.9 Å². The van der Waals surface area contributed by atoms with E-state index in [4.69, 9.17) is 17.8 Å². The van der Waals surface area contributed by atoms with Crippen molar-refractivity contribution in [3.05, 3.63) is 94.9 Å². The lowest BCUT2D eigenvalue weighted by molar-refractivity contribution is -0.119. The predicted octanol–water partition coefficient (Wildman–Crippen LogP) is 3.79. The number of carbonyl (C=O) groups is 3. The molecule has 0 unspecified atom stereocenters. The number of nitrogens with one attached hydrogen (secondary N) is 1. The number of methoxy groups -OCH3 is 1. The van der Waals surface area contributed by atoms with Gasteiger partial charge in [0.15, 0.2) is 0 Å². The van der Waals surface area contributed by atoms with Gasteiger partial charge in [0.25, 0.3) is 5.91 Å². The molecule has 0 aromatic heterocycles. The van der Waals surface area contributed by atoms with Gasteiger partial charge in [-0.05, 0) is 54.4 Å². The molecule has 2 amide bonds. The van der Waals surface area contributed by atoms with Gasteiger partial charge in [0.1, 0.15) is 0 Å². The highest BCUT2D eigenvalue weighted by molar-refractivity contribution is 6.37. The Balaban J connectivity index is 1.67. The van der Waals surface area contributed by atoms with Gasteiger partial charge in [0.05, 0.1) is 38.5 Å². The van der Waals surface area contributed by atoms with Crippen LogP contribution in [0.3, 0.4) is 0 Å². The molecule has 3 aromatic rings. The Morgan fingerprint density at radius 2 is 1.77 bits per heavy atom. The SMILES string of the molecule is [2H]c1c([2H])c([2H])c(/C(Cc2ccc(N(C(=O)C([2H])([2H])N3CCN(C)CC3)C([2H])([2H])[2H])cc2)=C2/C(=O)Nc3c([2H])c(C(=O)OC)c([2H])c([2H])c32)c([2H])c1[2H]. The normalized spacial score (nSPS) is 22.1. The van der Waals surface area contributed by atoms with Crippen molar-refractivity contribution in [1.29, 1.82) is 0 Å². The number of amides is 2. The Bertz CT molecular complexity index is 2030. The van der Waals surface area contributed by atoms with Crippen molar-refractivity contribution in [2.75, 3.05) is 64.0 Å². The number of allylic oxidation sites excluding steroid dienone is 1. The first kappa shape index (κ1) is 15.5. The first-order valence-corrected chi connectivity index (χ1v) is 12.4. The highest BCUT2D eigenvalue weighted by Crippen LogP contribution is 2.39. The molecule has 40 heavy (non-hydrogen) atoms. The number of esters is 1. The lowest BCUT2D eigenvalue weighted by Gasteiger charge is -2.32. The average Bonchev–Trinajstić information content (AvgIpc) is 3.45. The molecule has 0 aliphatic carbocycles. The zero-order valence-corrected chi connectivity index (χ0v) is 21.8. The molecule has 5 rings (SSSR count). The summed E-state index contributed by atoms with van der Waals surface area (Å²) in [6.45, 7) is -4.50. The van der Waals surface area contributed by atoms with Crippen LogP contribution in [-0.4, -0.2) is 81.4 Å². The molecule has 0 atom stereocenters. The predicted molar refractivity (Wildman–Crippen MR) is 157 cm³/mol. The number of hydrogen-bond donors (Lipinski definition) is 1. The third-order valence-electron chi connectivity index (χ3n) is 6.56. The number of fused-ring (bicyclic) bond motifs is 1. The number of benzene rings is 3. The lowest BCUT2D eigenvalue weighted by atomic mass is 9.90. The zero-order valence-electron chi connectivity index (χ0n) is 34.8. The summed E-state index contributed by atoms with van der Waals surface area (Å²) in [4.78, 5) is 43.4. The van der Waals surface area contributed by atoms with E-state index in [1.54, 1.807) is 0 Å². The van der Waals surface area contributed by atoms with Crippen molar-refractivity contribution >= 4 is 40.3 Å². The van der Waals surface area contributed by atoms with E-state index < -0.39 is 96.3 Å². The maximum Gasteiger partial charge on any atom is 0.337 e. The Morgan fingerprint density at radius 3 is 2.45 bits per heavy atom. The van der Waals surface area contributed by atoms with E-state index in [-0.39, 0.29) is 47.6 Å². The Hall–Kier alpha value is -4.27. The topological polar surface area (TPSA) is 82.2 Å². The molecule has 1 N–H and O–H groups in total. The molecule has 2 aliphatic rings. The van der Waals surface area contributed by atoms with Gasteiger partial charge >= 0.3 is 5.97 Å². The number of likely N-dealkylation sites (N-methyl/N-ethyl adjacent to an activating group) is 2. The molecule has 0 radical (unpaired) electrons. The molecule has 2 aliphatic heterocycles. The fourth-order valence-electron chi connectivity index (χ4n) is 4.36. The second-order valence-corrected chi connectivity index (χ2v) is 9.19. The van der Waals surface area contributed by atoms with Crippen LogP contribution in [0, 0.1) is 0 Å². The van der Waals surface area contributed by atoms with E-state index in [0.29, 0.717) is 18.0 Å². The quantitative estimate of drug-likeness (QED) is 0.356. The molecule has 1 saturated heterocycles. The molecule has 0 saturated carbocycles. The van der Waals surface area contributed by atoms with Crippen LogP contribution in [0.4, 0.5) is 11.4 Å². The number of ether oxygens (including phenoxy) is 1. The number of nitrogens with zero attached hydrogens (tertiary/aromatic N) is 3. The highest BCUT2D eigenvalue weighted by atomic mass is 16.5. The van der Waals surface area contributed by atoms with Crippen LogP contribution in [0.25, 0.3) is 11.1 Å². The maximum atomic E-state index is 13.7. The maximum absolute atomic E-state index is 13.7. The molecule has 8 nitrogen and oxygen atoms in total. The smallest absolute Gasteiger partial charge is 0.337 e. The largest absolute Gasteiger partial charge is 0.465 e. The fraction of sp³-hybridized carbons (Fsp3) is 0.281. The molecule has 2 heterocycles. The minimum atomic E-state index is -3.11. The number of anilines is 2. The van der Waals surface area contributed by atoms with E-state index in [1.165, 1.54) is 29.2 Å². The summed E-state index contributed by atoms with van der Waals surface area (Å²) in [5.74, 6) is -3.37. The summed E-state index contributed by atoms with van der Waals surface area (Å²) < 4.78 is 114. The zero-order chi connectivity index (χ0) is 39.5. The van der Waals surface area contributed by atoms with Crippen LogP contribution >= 0.6 is 0 Å². The Morgan fingerprint density at radius 1 is 1.05 bits per heavy atom. The van der Waals surface area contributed by atoms with E-state index in [0.717, 1.165) is 7.11 Å². The van der Waals surface area contributed by atoms with Crippen LogP contribution in [0.2, 0.25) is 0 Å². The third-order valence-corrected chi connectivity index (χ3v) is 6.56. The molecule has 0 spiro atoms. The minimum Gasteiger partial charge on any atom is -0.465 e. The van der Waals surface area contributed by atoms with Gasteiger partial charge in [-0.1, -0.05) is 48.4 Å². The molecule has 0 bridgehead atoms. The standard InChI is InChI=1S/C32H34N4O4/c1-34-15-17-36(18-16-34)21-29(37)35(2)25-12-9-22(10-13-25)19-27(23-7-5-4-6-8-23)30-26-14-11-24(32(39)40-3)20-28(26)33-31(30)38/h4-14,20H,15-19,21H2,1-3H3,(H,33,38)/b30-27+/i2D3,4D,5D,6D,7D,8D,11D,14D,20D,21D2. The average molecular weight is 552 g/mol. The molecule has 1 fully saturated rings. The van der Waals surface area contributed by atoms with E-state index in [9.17, 15) is 14.4 Å².